The van der Waals surface area contributed by atoms with Crippen LogP contribution in [0.3, 0.4) is 0 Å². The van der Waals surface area contributed by atoms with E-state index in [1.165, 1.54) is 0 Å². The quantitative estimate of drug-likeness (QED) is 0.669. The third-order valence-electron chi connectivity index (χ3n) is 5.46. The average Bonchev–Trinajstić information content (AvgIpc) is 2.82. The highest BCUT2D eigenvalue weighted by Crippen LogP contribution is 2.32. The Kier molecular flexibility index (Phi) is 7.32. The highest BCUT2D eigenvalue weighted by atomic mass is 79.9. The summed E-state index contributed by atoms with van der Waals surface area (Å²) in [6.45, 7) is 7.90. The molecule has 7 nitrogen and oxygen atoms in total. The summed E-state index contributed by atoms with van der Waals surface area (Å²) in [5.74, 6) is 0.471. The highest BCUT2D eigenvalue weighted by Gasteiger charge is 2.22. The van der Waals surface area contributed by atoms with Crippen LogP contribution in [0.1, 0.15) is 6.92 Å². The summed E-state index contributed by atoms with van der Waals surface area (Å²) in [5.41, 5.74) is 2.94. The van der Waals surface area contributed by atoms with Crippen LogP contribution >= 0.6 is 15.9 Å². The van der Waals surface area contributed by atoms with Crippen molar-refractivity contribution in [3.8, 4) is 5.75 Å². The minimum absolute atomic E-state index is 0.184. The molecule has 0 bridgehead atoms. The smallest absolute Gasteiger partial charge is 0.265 e. The molecule has 2 aliphatic heterocycles. The van der Waals surface area contributed by atoms with Gasteiger partial charge in [0, 0.05) is 36.3 Å². The Balaban J connectivity index is 1.51. The molecule has 0 aromatic heterocycles. The number of hydrogen-bond acceptors (Lipinski definition) is 6. The number of rotatable bonds is 6. The molecule has 0 aliphatic carbocycles. The molecule has 2 saturated heterocycles. The molecule has 2 aromatic rings. The normalized spacial score (nSPS) is 17.9. The van der Waals surface area contributed by atoms with Crippen LogP contribution in [-0.2, 0) is 14.3 Å². The molecular formula is C23H28BrN3O4. The fraction of sp³-hybridized carbons (Fsp3) is 0.435. The Morgan fingerprint density at radius 3 is 2.23 bits per heavy atom. The van der Waals surface area contributed by atoms with Crippen molar-refractivity contribution in [2.24, 2.45) is 0 Å². The predicted octanol–water partition coefficient (Wildman–Crippen LogP) is 3.53. The van der Waals surface area contributed by atoms with Crippen molar-refractivity contribution in [2.45, 2.75) is 13.0 Å². The van der Waals surface area contributed by atoms with Gasteiger partial charge in [-0.05, 0) is 49.4 Å². The van der Waals surface area contributed by atoms with E-state index in [2.05, 4.69) is 43.2 Å². The molecule has 0 spiro atoms. The third-order valence-corrected chi connectivity index (χ3v) is 5.99. The Hall–Kier alpha value is -2.29. The molecule has 4 rings (SSSR count). The van der Waals surface area contributed by atoms with Crippen molar-refractivity contribution in [1.82, 2.24) is 0 Å². The van der Waals surface area contributed by atoms with Gasteiger partial charge >= 0.3 is 0 Å². The lowest BCUT2D eigenvalue weighted by Gasteiger charge is -2.33. The second-order valence-electron chi connectivity index (χ2n) is 7.60. The van der Waals surface area contributed by atoms with E-state index in [0.717, 1.165) is 60.9 Å². The molecule has 2 fully saturated rings. The van der Waals surface area contributed by atoms with Crippen LogP contribution in [0.2, 0.25) is 0 Å². The fourth-order valence-electron chi connectivity index (χ4n) is 3.72. The SMILES string of the molecule is C[C@@H](Oc1ccc(Br)cc1)C(=O)Nc1ccc(N2CCOCC2)cc1N1CCOCC1. The van der Waals surface area contributed by atoms with E-state index < -0.39 is 6.10 Å². The number of morpholine rings is 2. The zero-order valence-corrected chi connectivity index (χ0v) is 19.3. The van der Waals surface area contributed by atoms with E-state index in [4.69, 9.17) is 14.2 Å². The molecule has 2 aromatic carbocycles. The average molecular weight is 490 g/mol. The first-order valence-corrected chi connectivity index (χ1v) is 11.4. The molecule has 2 aliphatic rings. The molecule has 166 valence electrons. The van der Waals surface area contributed by atoms with Crippen LogP contribution in [0.4, 0.5) is 17.1 Å². The first kappa shape index (κ1) is 21.9. The van der Waals surface area contributed by atoms with Gasteiger partial charge in [0.2, 0.25) is 0 Å². The maximum Gasteiger partial charge on any atom is 0.265 e. The molecule has 2 heterocycles. The van der Waals surface area contributed by atoms with E-state index in [9.17, 15) is 4.79 Å². The summed E-state index contributed by atoms with van der Waals surface area (Å²) < 4.78 is 17.8. The van der Waals surface area contributed by atoms with Gasteiger partial charge in [-0.15, -0.1) is 0 Å². The van der Waals surface area contributed by atoms with Gasteiger partial charge in [-0.3, -0.25) is 4.79 Å². The zero-order chi connectivity index (χ0) is 21.6. The van der Waals surface area contributed by atoms with E-state index in [-0.39, 0.29) is 5.91 Å². The lowest BCUT2D eigenvalue weighted by Crippen LogP contribution is -2.38. The molecule has 31 heavy (non-hydrogen) atoms. The second-order valence-corrected chi connectivity index (χ2v) is 8.52. The molecule has 1 N–H and O–H groups in total. The molecule has 0 saturated carbocycles. The number of anilines is 3. The van der Waals surface area contributed by atoms with Gasteiger partial charge in [0.1, 0.15) is 5.75 Å². The van der Waals surface area contributed by atoms with Crippen molar-refractivity contribution >= 4 is 38.9 Å². The molecule has 0 unspecified atom stereocenters. The van der Waals surface area contributed by atoms with Gasteiger partial charge in [-0.2, -0.15) is 0 Å². The van der Waals surface area contributed by atoms with Gasteiger partial charge in [0.15, 0.2) is 6.10 Å². The van der Waals surface area contributed by atoms with Crippen LogP contribution in [-0.4, -0.2) is 64.6 Å². The van der Waals surface area contributed by atoms with Crippen molar-refractivity contribution in [3.63, 3.8) is 0 Å². The highest BCUT2D eigenvalue weighted by molar-refractivity contribution is 9.10. The summed E-state index contributed by atoms with van der Waals surface area (Å²) in [6, 6.07) is 13.7. The van der Waals surface area contributed by atoms with Gasteiger partial charge in [-0.1, -0.05) is 15.9 Å². The minimum atomic E-state index is -0.627. The van der Waals surface area contributed by atoms with Crippen molar-refractivity contribution in [2.75, 3.05) is 67.7 Å². The van der Waals surface area contributed by atoms with Gasteiger partial charge in [0.05, 0.1) is 37.8 Å². The minimum Gasteiger partial charge on any atom is -0.481 e. The number of halogens is 1. The summed E-state index contributed by atoms with van der Waals surface area (Å²) >= 11 is 3.41. The monoisotopic (exact) mass is 489 g/mol. The Labute approximate surface area is 191 Å². The van der Waals surface area contributed by atoms with Crippen LogP contribution < -0.4 is 19.9 Å². The van der Waals surface area contributed by atoms with Gasteiger partial charge in [-0.25, -0.2) is 0 Å². The summed E-state index contributed by atoms with van der Waals surface area (Å²) in [6.07, 6.45) is -0.627. The van der Waals surface area contributed by atoms with Crippen LogP contribution in [0, 0.1) is 0 Å². The standard InChI is InChI=1S/C23H28BrN3O4/c1-17(31-20-5-2-18(24)3-6-20)23(28)25-21-7-4-19(26-8-12-29-13-9-26)16-22(21)27-10-14-30-15-11-27/h2-7,16-17H,8-15H2,1H3,(H,25,28)/t17-/m1/s1. The van der Waals surface area contributed by atoms with E-state index in [1.54, 1.807) is 6.92 Å². The number of nitrogens with zero attached hydrogens (tertiary/aromatic N) is 2. The molecule has 0 radical (unpaired) electrons. The summed E-state index contributed by atoms with van der Waals surface area (Å²) in [5, 5.41) is 3.07. The molecule has 1 amide bonds. The molecule has 1 atom stereocenters. The maximum absolute atomic E-state index is 12.9. The lowest BCUT2D eigenvalue weighted by molar-refractivity contribution is -0.122. The van der Waals surface area contributed by atoms with E-state index >= 15 is 0 Å². The molecular weight excluding hydrogens is 462 g/mol. The fourth-order valence-corrected chi connectivity index (χ4v) is 3.98. The summed E-state index contributed by atoms with van der Waals surface area (Å²) in [4.78, 5) is 17.5. The predicted molar refractivity (Wildman–Crippen MR) is 125 cm³/mol. The molecule has 8 heteroatoms. The lowest BCUT2D eigenvalue weighted by atomic mass is 10.1. The number of carbonyl (C=O) groups is 1. The van der Waals surface area contributed by atoms with Gasteiger partial charge in [0.25, 0.3) is 5.91 Å². The second kappa shape index (κ2) is 10.3. The maximum atomic E-state index is 12.9. The third kappa shape index (κ3) is 5.70. The topological polar surface area (TPSA) is 63.3 Å². The Morgan fingerprint density at radius 2 is 1.58 bits per heavy atom. The first-order chi connectivity index (χ1) is 15.1. The van der Waals surface area contributed by atoms with E-state index in [0.29, 0.717) is 19.0 Å². The van der Waals surface area contributed by atoms with Crippen LogP contribution in [0.5, 0.6) is 5.75 Å². The van der Waals surface area contributed by atoms with Crippen molar-refractivity contribution < 1.29 is 19.0 Å². The van der Waals surface area contributed by atoms with Crippen LogP contribution in [0.15, 0.2) is 46.9 Å². The zero-order valence-electron chi connectivity index (χ0n) is 17.7. The van der Waals surface area contributed by atoms with E-state index in [1.807, 2.05) is 30.3 Å². The number of nitrogens with one attached hydrogen (secondary N) is 1. The van der Waals surface area contributed by atoms with Crippen molar-refractivity contribution in [1.29, 1.82) is 0 Å². The largest absolute Gasteiger partial charge is 0.481 e. The number of ether oxygens (including phenoxy) is 3. The van der Waals surface area contributed by atoms with Crippen molar-refractivity contribution in [3.05, 3.63) is 46.9 Å². The number of benzene rings is 2. The first-order valence-electron chi connectivity index (χ1n) is 10.6. The van der Waals surface area contributed by atoms with Gasteiger partial charge < -0.3 is 29.3 Å². The van der Waals surface area contributed by atoms with Crippen LogP contribution in [0.25, 0.3) is 0 Å². The summed E-state index contributed by atoms with van der Waals surface area (Å²) in [7, 11) is 0. The number of carbonyl (C=O) groups excluding carboxylic acids is 1. The number of amides is 1. The number of hydrogen-bond donors (Lipinski definition) is 1. The Morgan fingerprint density at radius 1 is 0.968 bits per heavy atom. The Bertz CT molecular complexity index is 881.